The molecule has 2 aromatic carbocycles. The van der Waals surface area contributed by atoms with E-state index in [1.165, 1.54) is 0 Å². The Hall–Kier alpha value is -1.71. The van der Waals surface area contributed by atoms with Crippen LogP contribution in [-0.2, 0) is 0 Å². The summed E-state index contributed by atoms with van der Waals surface area (Å²) < 4.78 is 0. The van der Waals surface area contributed by atoms with Crippen LogP contribution in [0.5, 0.6) is 0 Å². The molecule has 0 atom stereocenters. The smallest absolute Gasteiger partial charge is 0.260 e. The number of halogens is 1. The largest absolute Gasteiger partial charge is 0.305 e. The molecule has 0 unspecified atom stereocenters. The van der Waals surface area contributed by atoms with Gasteiger partial charge in [0.25, 0.3) is 5.91 Å². The quantitative estimate of drug-likeness (QED) is 0.578. The average Bonchev–Trinajstić information content (AvgIpc) is 2.53. The van der Waals surface area contributed by atoms with Crippen molar-refractivity contribution in [2.45, 2.75) is 4.90 Å². The van der Waals surface area contributed by atoms with Gasteiger partial charge in [-0.1, -0.05) is 35.9 Å². The molecule has 0 heterocycles. The molecular weight excluding hydrogens is 302 g/mol. The SMILES string of the molecule is C=CCN(C(=O)c1cc(SC)ccc1Cl)c1ccccc1. The summed E-state index contributed by atoms with van der Waals surface area (Å²) in [5, 5.41) is 0.461. The molecule has 0 bridgehead atoms. The predicted molar refractivity (Wildman–Crippen MR) is 91.5 cm³/mol. The molecule has 2 aromatic rings. The number of rotatable bonds is 5. The number of para-hydroxylation sites is 1. The fraction of sp³-hybridized carbons (Fsp3) is 0.118. The monoisotopic (exact) mass is 317 g/mol. The van der Waals surface area contributed by atoms with Gasteiger partial charge in [-0.15, -0.1) is 18.3 Å². The third-order valence-corrected chi connectivity index (χ3v) is 4.08. The topological polar surface area (TPSA) is 20.3 Å². The Balaban J connectivity index is 2.41. The molecule has 21 heavy (non-hydrogen) atoms. The van der Waals surface area contributed by atoms with E-state index in [4.69, 9.17) is 11.6 Å². The first-order chi connectivity index (χ1) is 10.2. The van der Waals surface area contributed by atoms with Gasteiger partial charge in [0.2, 0.25) is 0 Å². The molecule has 1 amide bonds. The third kappa shape index (κ3) is 3.69. The van der Waals surface area contributed by atoms with Crippen LogP contribution in [0.2, 0.25) is 5.02 Å². The van der Waals surface area contributed by atoms with E-state index in [9.17, 15) is 4.79 Å². The van der Waals surface area contributed by atoms with Crippen LogP contribution in [0.15, 0.2) is 66.1 Å². The number of carbonyl (C=O) groups is 1. The van der Waals surface area contributed by atoms with Crippen molar-refractivity contribution in [3.05, 3.63) is 71.8 Å². The standard InChI is InChI=1S/C17H16ClNOS/c1-3-11-19(13-7-5-4-6-8-13)17(20)15-12-14(21-2)9-10-16(15)18/h3-10,12H,1,11H2,2H3. The van der Waals surface area contributed by atoms with Crippen LogP contribution in [0.25, 0.3) is 0 Å². The second-order valence-electron chi connectivity index (χ2n) is 4.39. The number of anilines is 1. The highest BCUT2D eigenvalue weighted by Crippen LogP contribution is 2.26. The second kappa shape index (κ2) is 7.34. The molecule has 0 saturated carbocycles. The Morgan fingerprint density at radius 1 is 1.29 bits per heavy atom. The zero-order valence-electron chi connectivity index (χ0n) is 11.8. The minimum absolute atomic E-state index is 0.123. The highest BCUT2D eigenvalue weighted by atomic mass is 35.5. The molecule has 0 aromatic heterocycles. The van der Waals surface area contributed by atoms with Gasteiger partial charge in [0.1, 0.15) is 0 Å². The molecule has 2 nitrogen and oxygen atoms in total. The highest BCUT2D eigenvalue weighted by Gasteiger charge is 2.19. The van der Waals surface area contributed by atoms with Crippen molar-refractivity contribution in [2.24, 2.45) is 0 Å². The minimum atomic E-state index is -0.123. The molecular formula is C17H16ClNOS. The number of hydrogen-bond donors (Lipinski definition) is 0. The molecule has 0 radical (unpaired) electrons. The average molecular weight is 318 g/mol. The van der Waals surface area contributed by atoms with Crippen molar-refractivity contribution in [3.8, 4) is 0 Å². The predicted octanol–water partition coefficient (Wildman–Crippen LogP) is 4.89. The lowest BCUT2D eigenvalue weighted by atomic mass is 10.1. The van der Waals surface area contributed by atoms with Gasteiger partial charge in [-0.2, -0.15) is 0 Å². The first-order valence-electron chi connectivity index (χ1n) is 6.48. The molecule has 0 spiro atoms. The second-order valence-corrected chi connectivity index (χ2v) is 5.67. The maximum Gasteiger partial charge on any atom is 0.260 e. The summed E-state index contributed by atoms with van der Waals surface area (Å²) in [6.07, 6.45) is 3.67. The van der Waals surface area contributed by atoms with Crippen molar-refractivity contribution < 1.29 is 4.79 Å². The van der Waals surface area contributed by atoms with Gasteiger partial charge < -0.3 is 4.90 Å². The van der Waals surface area contributed by atoms with Crippen molar-refractivity contribution in [3.63, 3.8) is 0 Å². The van der Waals surface area contributed by atoms with E-state index in [-0.39, 0.29) is 5.91 Å². The van der Waals surface area contributed by atoms with Gasteiger partial charge in [-0.3, -0.25) is 4.79 Å². The van der Waals surface area contributed by atoms with E-state index in [1.807, 2.05) is 48.7 Å². The van der Waals surface area contributed by atoms with Gasteiger partial charge in [-0.05, 0) is 36.6 Å². The molecule has 0 aliphatic carbocycles. The van der Waals surface area contributed by atoms with E-state index >= 15 is 0 Å². The van der Waals surface area contributed by atoms with E-state index < -0.39 is 0 Å². The van der Waals surface area contributed by atoms with Crippen molar-refractivity contribution in [2.75, 3.05) is 17.7 Å². The summed E-state index contributed by atoms with van der Waals surface area (Å²) in [6, 6.07) is 15.0. The number of nitrogens with zero attached hydrogens (tertiary/aromatic N) is 1. The lowest BCUT2D eigenvalue weighted by Crippen LogP contribution is -2.31. The first-order valence-corrected chi connectivity index (χ1v) is 8.09. The fourth-order valence-electron chi connectivity index (χ4n) is 1.98. The van der Waals surface area contributed by atoms with Gasteiger partial charge in [0, 0.05) is 17.1 Å². The number of thioether (sulfide) groups is 1. The van der Waals surface area contributed by atoms with Crippen LogP contribution in [-0.4, -0.2) is 18.7 Å². The summed E-state index contributed by atoms with van der Waals surface area (Å²) >= 11 is 7.78. The zero-order chi connectivity index (χ0) is 15.2. The first kappa shape index (κ1) is 15.7. The Morgan fingerprint density at radius 2 is 2.00 bits per heavy atom. The lowest BCUT2D eigenvalue weighted by Gasteiger charge is -2.22. The van der Waals surface area contributed by atoms with E-state index in [1.54, 1.807) is 28.8 Å². The van der Waals surface area contributed by atoms with Gasteiger partial charge in [0.05, 0.1) is 10.6 Å². The Kier molecular flexibility index (Phi) is 5.48. The summed E-state index contributed by atoms with van der Waals surface area (Å²) in [4.78, 5) is 15.5. The summed E-state index contributed by atoms with van der Waals surface area (Å²) in [5.41, 5.74) is 1.34. The summed E-state index contributed by atoms with van der Waals surface area (Å²) in [7, 11) is 0. The maximum absolute atomic E-state index is 12.8. The molecule has 0 N–H and O–H groups in total. The number of benzene rings is 2. The molecule has 4 heteroatoms. The van der Waals surface area contributed by atoms with E-state index in [0.29, 0.717) is 17.1 Å². The van der Waals surface area contributed by atoms with Crippen molar-refractivity contribution in [1.29, 1.82) is 0 Å². The highest BCUT2D eigenvalue weighted by molar-refractivity contribution is 7.98. The van der Waals surface area contributed by atoms with Crippen LogP contribution < -0.4 is 4.90 Å². The van der Waals surface area contributed by atoms with Crippen LogP contribution in [0.1, 0.15) is 10.4 Å². The van der Waals surface area contributed by atoms with Crippen molar-refractivity contribution in [1.82, 2.24) is 0 Å². The molecule has 0 fully saturated rings. The van der Waals surface area contributed by atoms with E-state index in [0.717, 1.165) is 10.6 Å². The molecule has 0 aliphatic heterocycles. The summed E-state index contributed by atoms with van der Waals surface area (Å²) in [5.74, 6) is -0.123. The van der Waals surface area contributed by atoms with Crippen LogP contribution in [0.4, 0.5) is 5.69 Å². The molecule has 0 saturated heterocycles. The normalized spacial score (nSPS) is 10.2. The summed E-state index contributed by atoms with van der Waals surface area (Å²) in [6.45, 7) is 4.16. The van der Waals surface area contributed by atoms with Crippen LogP contribution in [0, 0.1) is 0 Å². The molecule has 2 rings (SSSR count). The maximum atomic E-state index is 12.8. The lowest BCUT2D eigenvalue weighted by molar-refractivity contribution is 0.0989. The third-order valence-electron chi connectivity index (χ3n) is 3.03. The van der Waals surface area contributed by atoms with Gasteiger partial charge in [0.15, 0.2) is 0 Å². The number of carbonyl (C=O) groups excluding carboxylic acids is 1. The van der Waals surface area contributed by atoms with Crippen molar-refractivity contribution >= 4 is 35.0 Å². The van der Waals surface area contributed by atoms with Gasteiger partial charge in [-0.25, -0.2) is 0 Å². The van der Waals surface area contributed by atoms with Gasteiger partial charge >= 0.3 is 0 Å². The molecule has 108 valence electrons. The fourth-order valence-corrected chi connectivity index (χ4v) is 2.62. The molecule has 0 aliphatic rings. The number of amides is 1. The minimum Gasteiger partial charge on any atom is -0.305 e. The Morgan fingerprint density at radius 3 is 2.62 bits per heavy atom. The van der Waals surface area contributed by atoms with E-state index in [2.05, 4.69) is 6.58 Å². The van der Waals surface area contributed by atoms with Crippen LogP contribution in [0.3, 0.4) is 0 Å². The Bertz CT molecular complexity index is 642. The number of hydrogen-bond acceptors (Lipinski definition) is 2. The van der Waals surface area contributed by atoms with Crippen LogP contribution >= 0.6 is 23.4 Å². The Labute approximate surface area is 134 Å². The zero-order valence-corrected chi connectivity index (χ0v) is 13.3.